The summed E-state index contributed by atoms with van der Waals surface area (Å²) in [7, 11) is 0. The minimum Gasteiger partial charge on any atom is -0.119 e. The zero-order valence-corrected chi connectivity index (χ0v) is 8.90. The summed E-state index contributed by atoms with van der Waals surface area (Å²) in [4.78, 5) is 1.25. The third-order valence-corrected chi connectivity index (χ3v) is 2.79. The molecular weight excluding hydrogens is 176 g/mol. The Bertz CT molecular complexity index is 290. The Morgan fingerprint density at radius 2 is 1.92 bits per heavy atom. The van der Waals surface area contributed by atoms with Crippen molar-refractivity contribution in [1.29, 1.82) is 0 Å². The molecule has 0 amide bonds. The smallest absolute Gasteiger partial charge is 0.0592 e. The molecule has 0 aliphatic heterocycles. The first kappa shape index (κ1) is 10.2. The first-order valence-corrected chi connectivity index (χ1v) is 5.39. The predicted molar refractivity (Wildman–Crippen MR) is 60.1 cm³/mol. The van der Waals surface area contributed by atoms with Crippen LogP contribution < -0.4 is 0 Å². The standard InChI is InChI=1S/C12H14S/c1-4-9-13-12-7-5-11(6-8-12)10(2)3/h1,5-8,10H,9H2,2-3H3. The van der Waals surface area contributed by atoms with Crippen molar-refractivity contribution in [3.8, 4) is 12.3 Å². The second kappa shape index (κ2) is 4.99. The Kier molecular flexibility index (Phi) is 3.92. The van der Waals surface area contributed by atoms with Crippen LogP contribution in [0.3, 0.4) is 0 Å². The summed E-state index contributed by atoms with van der Waals surface area (Å²) in [6, 6.07) is 8.61. The summed E-state index contributed by atoms with van der Waals surface area (Å²) in [6.07, 6.45) is 5.18. The van der Waals surface area contributed by atoms with E-state index in [-0.39, 0.29) is 0 Å². The van der Waals surface area contributed by atoms with Gasteiger partial charge in [0.05, 0.1) is 5.75 Å². The van der Waals surface area contributed by atoms with E-state index in [0.717, 1.165) is 5.75 Å². The quantitative estimate of drug-likeness (QED) is 0.519. The molecule has 1 heteroatoms. The first-order valence-electron chi connectivity index (χ1n) is 4.40. The minimum absolute atomic E-state index is 0.603. The van der Waals surface area contributed by atoms with Crippen LogP contribution in [0.1, 0.15) is 25.3 Å². The van der Waals surface area contributed by atoms with Gasteiger partial charge in [0, 0.05) is 4.90 Å². The van der Waals surface area contributed by atoms with E-state index in [1.807, 2.05) is 0 Å². The topological polar surface area (TPSA) is 0 Å². The van der Waals surface area contributed by atoms with Crippen LogP contribution in [0.5, 0.6) is 0 Å². The molecule has 0 saturated heterocycles. The molecule has 0 bridgehead atoms. The molecule has 0 fully saturated rings. The molecule has 0 aliphatic carbocycles. The van der Waals surface area contributed by atoms with Gasteiger partial charge in [-0.2, -0.15) is 0 Å². The van der Waals surface area contributed by atoms with Gasteiger partial charge in [-0.1, -0.05) is 31.9 Å². The van der Waals surface area contributed by atoms with E-state index in [9.17, 15) is 0 Å². The Morgan fingerprint density at radius 1 is 1.31 bits per heavy atom. The van der Waals surface area contributed by atoms with Gasteiger partial charge in [-0.3, -0.25) is 0 Å². The lowest BCUT2D eigenvalue weighted by Crippen LogP contribution is -1.85. The molecule has 68 valence electrons. The number of hydrogen-bond acceptors (Lipinski definition) is 1. The summed E-state index contributed by atoms with van der Waals surface area (Å²) >= 11 is 1.70. The van der Waals surface area contributed by atoms with Crippen molar-refractivity contribution in [3.05, 3.63) is 29.8 Å². The maximum atomic E-state index is 5.18. The van der Waals surface area contributed by atoms with Crippen molar-refractivity contribution in [3.63, 3.8) is 0 Å². The summed E-state index contributed by atoms with van der Waals surface area (Å²) < 4.78 is 0. The molecule has 0 aromatic heterocycles. The van der Waals surface area contributed by atoms with Gasteiger partial charge in [-0.05, 0) is 23.6 Å². The Balaban J connectivity index is 2.65. The Labute approximate surface area is 84.7 Å². The van der Waals surface area contributed by atoms with E-state index in [1.165, 1.54) is 10.5 Å². The summed E-state index contributed by atoms with van der Waals surface area (Å²) in [5.41, 5.74) is 1.38. The minimum atomic E-state index is 0.603. The van der Waals surface area contributed by atoms with Crippen LogP contribution in [0.2, 0.25) is 0 Å². The fourth-order valence-electron chi connectivity index (χ4n) is 1.07. The van der Waals surface area contributed by atoms with E-state index in [2.05, 4.69) is 44.0 Å². The molecule has 0 nitrogen and oxygen atoms in total. The van der Waals surface area contributed by atoms with Crippen molar-refractivity contribution >= 4 is 11.8 Å². The Morgan fingerprint density at radius 3 is 2.38 bits per heavy atom. The number of benzene rings is 1. The first-order chi connectivity index (χ1) is 6.24. The van der Waals surface area contributed by atoms with Crippen LogP contribution in [-0.2, 0) is 0 Å². The van der Waals surface area contributed by atoms with Gasteiger partial charge in [0.15, 0.2) is 0 Å². The molecular formula is C12H14S. The maximum Gasteiger partial charge on any atom is 0.0592 e. The van der Waals surface area contributed by atoms with Gasteiger partial charge < -0.3 is 0 Å². The molecule has 1 aromatic carbocycles. The zero-order chi connectivity index (χ0) is 9.68. The van der Waals surface area contributed by atoms with Crippen LogP contribution in [-0.4, -0.2) is 5.75 Å². The average molecular weight is 190 g/mol. The van der Waals surface area contributed by atoms with Crippen molar-refractivity contribution in [2.45, 2.75) is 24.7 Å². The molecule has 0 unspecified atom stereocenters. The van der Waals surface area contributed by atoms with E-state index >= 15 is 0 Å². The normalized spacial score (nSPS) is 10.0. The van der Waals surface area contributed by atoms with E-state index < -0.39 is 0 Å². The molecule has 0 atom stereocenters. The molecule has 13 heavy (non-hydrogen) atoms. The third-order valence-electron chi connectivity index (χ3n) is 1.87. The molecule has 1 rings (SSSR count). The average Bonchev–Trinajstić information content (AvgIpc) is 2.15. The van der Waals surface area contributed by atoms with Gasteiger partial charge in [0.1, 0.15) is 0 Å². The largest absolute Gasteiger partial charge is 0.119 e. The molecule has 0 heterocycles. The van der Waals surface area contributed by atoms with E-state index in [0.29, 0.717) is 5.92 Å². The second-order valence-electron chi connectivity index (χ2n) is 3.22. The van der Waals surface area contributed by atoms with Crippen LogP contribution in [0.4, 0.5) is 0 Å². The SMILES string of the molecule is C#CCSc1ccc(C(C)C)cc1. The molecule has 0 N–H and O–H groups in total. The molecule has 0 radical (unpaired) electrons. The zero-order valence-electron chi connectivity index (χ0n) is 8.08. The van der Waals surface area contributed by atoms with Crippen LogP contribution >= 0.6 is 11.8 Å². The molecule has 1 aromatic rings. The lowest BCUT2D eigenvalue weighted by atomic mass is 10.0. The van der Waals surface area contributed by atoms with Gasteiger partial charge in [-0.25, -0.2) is 0 Å². The van der Waals surface area contributed by atoms with Crippen molar-refractivity contribution in [2.24, 2.45) is 0 Å². The molecule has 0 aliphatic rings. The van der Waals surface area contributed by atoms with Gasteiger partial charge in [0.25, 0.3) is 0 Å². The third kappa shape index (κ3) is 3.16. The highest BCUT2D eigenvalue weighted by atomic mass is 32.2. The van der Waals surface area contributed by atoms with Crippen molar-refractivity contribution in [1.82, 2.24) is 0 Å². The number of thioether (sulfide) groups is 1. The monoisotopic (exact) mass is 190 g/mol. The van der Waals surface area contributed by atoms with E-state index in [1.54, 1.807) is 11.8 Å². The summed E-state index contributed by atoms with van der Waals surface area (Å²) in [6.45, 7) is 4.40. The number of hydrogen-bond donors (Lipinski definition) is 0. The maximum absolute atomic E-state index is 5.18. The van der Waals surface area contributed by atoms with Crippen molar-refractivity contribution in [2.75, 3.05) is 5.75 Å². The summed E-state index contributed by atoms with van der Waals surface area (Å²) in [5, 5.41) is 0. The van der Waals surface area contributed by atoms with Gasteiger partial charge in [-0.15, -0.1) is 18.2 Å². The highest BCUT2D eigenvalue weighted by molar-refractivity contribution is 7.99. The highest BCUT2D eigenvalue weighted by Crippen LogP contribution is 2.21. The number of rotatable bonds is 3. The fraction of sp³-hybridized carbons (Fsp3) is 0.333. The molecule has 0 spiro atoms. The van der Waals surface area contributed by atoms with Gasteiger partial charge >= 0.3 is 0 Å². The second-order valence-corrected chi connectivity index (χ2v) is 4.27. The predicted octanol–water partition coefficient (Wildman–Crippen LogP) is 3.54. The van der Waals surface area contributed by atoms with Crippen LogP contribution in [0, 0.1) is 12.3 Å². The Hall–Kier alpha value is -0.870. The molecule has 0 saturated carbocycles. The van der Waals surface area contributed by atoms with E-state index in [4.69, 9.17) is 6.42 Å². The fourth-order valence-corrected chi connectivity index (χ4v) is 1.65. The van der Waals surface area contributed by atoms with Crippen LogP contribution in [0.15, 0.2) is 29.2 Å². The highest BCUT2D eigenvalue weighted by Gasteiger charge is 1.98. The lowest BCUT2D eigenvalue weighted by molar-refractivity contribution is 0.865. The summed E-state index contributed by atoms with van der Waals surface area (Å²) in [5.74, 6) is 3.97. The number of terminal acetylenes is 1. The van der Waals surface area contributed by atoms with Crippen LogP contribution in [0.25, 0.3) is 0 Å². The lowest BCUT2D eigenvalue weighted by Gasteiger charge is -2.05. The van der Waals surface area contributed by atoms with Gasteiger partial charge in [0.2, 0.25) is 0 Å². The van der Waals surface area contributed by atoms with Crippen molar-refractivity contribution < 1.29 is 0 Å².